The first-order valence-electron chi connectivity index (χ1n) is 10.9. The van der Waals surface area contributed by atoms with E-state index in [-0.39, 0.29) is 63.0 Å². The number of anilines is 2. The number of carbonyl (C=O) groups excluding carboxylic acids is 3. The number of cyclic esters (lactones) is 1. The molecule has 3 amide bonds. The number of fused-ring (bicyclic) bond motifs is 1. The number of hydrazine groups is 2. The van der Waals surface area contributed by atoms with Crippen molar-refractivity contribution in [3.63, 3.8) is 0 Å². The van der Waals surface area contributed by atoms with Crippen molar-refractivity contribution in [2.75, 3.05) is 49.1 Å². The van der Waals surface area contributed by atoms with Crippen molar-refractivity contribution in [3.8, 4) is 0 Å². The molecule has 1 aromatic rings. The number of nitrogens with zero attached hydrogens (tertiary/aromatic N) is 6. The fourth-order valence-electron chi connectivity index (χ4n) is 4.33. The first-order chi connectivity index (χ1) is 16.7. The van der Waals surface area contributed by atoms with Crippen molar-refractivity contribution in [1.29, 1.82) is 0 Å². The molecule has 0 radical (unpaired) electrons. The summed E-state index contributed by atoms with van der Waals surface area (Å²) in [5.41, 5.74) is 5.42. The number of halogens is 2. The van der Waals surface area contributed by atoms with Crippen LogP contribution < -0.4 is 21.4 Å². The number of hydrogen-bond acceptors (Lipinski definition) is 9. The molecule has 3 aliphatic heterocycles. The Morgan fingerprint density at radius 3 is 2.46 bits per heavy atom. The summed E-state index contributed by atoms with van der Waals surface area (Å²) in [5, 5.41) is 3.77. The summed E-state index contributed by atoms with van der Waals surface area (Å²) >= 11 is 0. The number of ether oxygens (including phenoxy) is 1. The molecule has 188 valence electrons. The minimum absolute atomic E-state index is 0.00422. The van der Waals surface area contributed by atoms with Crippen LogP contribution in [0.2, 0.25) is 0 Å². The molecule has 35 heavy (non-hydrogen) atoms. The molecule has 0 aromatic heterocycles. The van der Waals surface area contributed by atoms with E-state index < -0.39 is 35.8 Å². The Balaban J connectivity index is 1.49. The smallest absolute Gasteiger partial charge is 0.414 e. The highest BCUT2D eigenvalue weighted by molar-refractivity contribution is 5.93. The van der Waals surface area contributed by atoms with E-state index in [1.54, 1.807) is 0 Å². The van der Waals surface area contributed by atoms with Crippen LogP contribution in [0.5, 0.6) is 0 Å². The summed E-state index contributed by atoms with van der Waals surface area (Å²) < 4.78 is 35.5. The minimum Gasteiger partial charge on any atom is -0.442 e. The van der Waals surface area contributed by atoms with Crippen molar-refractivity contribution in [2.45, 2.75) is 18.6 Å². The third kappa shape index (κ3) is 4.88. The zero-order valence-corrected chi connectivity index (χ0v) is 18.8. The summed E-state index contributed by atoms with van der Waals surface area (Å²) in [6.07, 6.45) is 1.31. The van der Waals surface area contributed by atoms with Crippen molar-refractivity contribution < 1.29 is 27.9 Å². The van der Waals surface area contributed by atoms with E-state index in [1.165, 1.54) is 32.3 Å². The lowest BCUT2D eigenvalue weighted by Crippen LogP contribution is -2.61. The van der Waals surface area contributed by atoms with Crippen molar-refractivity contribution in [2.24, 2.45) is 16.6 Å². The number of aliphatic imine (C=N–C) groups is 1. The number of amides is 3. The highest BCUT2D eigenvalue weighted by Gasteiger charge is 2.39. The molecule has 0 unspecified atom stereocenters. The first-order valence-corrected chi connectivity index (χ1v) is 10.9. The van der Waals surface area contributed by atoms with Gasteiger partial charge >= 0.3 is 6.09 Å². The molecule has 3 aliphatic rings. The topological polar surface area (TPSA) is 141 Å². The van der Waals surface area contributed by atoms with Crippen LogP contribution in [0, 0.1) is 11.6 Å². The van der Waals surface area contributed by atoms with Gasteiger partial charge in [-0.25, -0.2) is 29.4 Å². The molecule has 3 saturated heterocycles. The van der Waals surface area contributed by atoms with Gasteiger partial charge in [-0.05, 0) is 6.72 Å². The second kappa shape index (κ2) is 9.84. The Bertz CT molecular complexity index is 1050. The first kappa shape index (κ1) is 24.3. The zero-order chi connectivity index (χ0) is 25.3. The van der Waals surface area contributed by atoms with Crippen LogP contribution in [0.25, 0.3) is 0 Å². The van der Waals surface area contributed by atoms with Gasteiger partial charge in [0.1, 0.15) is 11.8 Å². The summed E-state index contributed by atoms with van der Waals surface area (Å²) in [7, 11) is 0. The minimum atomic E-state index is -0.928. The van der Waals surface area contributed by atoms with Crippen molar-refractivity contribution in [3.05, 3.63) is 36.2 Å². The summed E-state index contributed by atoms with van der Waals surface area (Å²) in [5.74, 6) is 3.27. The van der Waals surface area contributed by atoms with E-state index in [1.807, 2.05) is 0 Å². The second-order valence-corrected chi connectivity index (χ2v) is 8.33. The summed E-state index contributed by atoms with van der Waals surface area (Å²) in [4.78, 5) is 43.1. The van der Waals surface area contributed by atoms with Gasteiger partial charge in [0, 0.05) is 37.6 Å². The predicted molar refractivity (Wildman–Crippen MR) is 122 cm³/mol. The quantitative estimate of drug-likeness (QED) is 0.315. The molecule has 0 aliphatic carbocycles. The average molecular weight is 492 g/mol. The highest BCUT2D eigenvalue weighted by atomic mass is 19.1. The Kier molecular flexibility index (Phi) is 6.84. The number of hydrogen-bond donors (Lipinski definition) is 2. The highest BCUT2D eigenvalue weighted by Crippen LogP contribution is 2.32. The van der Waals surface area contributed by atoms with Gasteiger partial charge in [-0.2, -0.15) is 0 Å². The lowest BCUT2D eigenvalue weighted by Gasteiger charge is -2.38. The molecule has 14 heteroatoms. The third-order valence-corrected chi connectivity index (χ3v) is 5.99. The van der Waals surface area contributed by atoms with E-state index in [4.69, 9.17) is 16.3 Å². The van der Waals surface area contributed by atoms with E-state index in [2.05, 4.69) is 11.7 Å². The molecule has 0 bridgehead atoms. The molecular formula is C21H26F2N8O4. The maximum Gasteiger partial charge on any atom is 0.414 e. The Hall–Kier alpha value is -3.78. The van der Waals surface area contributed by atoms with Crippen LogP contribution >= 0.6 is 0 Å². The van der Waals surface area contributed by atoms with Crippen molar-refractivity contribution in [1.82, 2.24) is 15.0 Å². The van der Waals surface area contributed by atoms with E-state index >= 15 is 8.78 Å². The molecule has 3 fully saturated rings. The Labute approximate surface area is 199 Å². The lowest BCUT2D eigenvalue weighted by molar-refractivity contribution is -0.170. The molecule has 4 N–H and O–H groups in total. The van der Waals surface area contributed by atoms with Gasteiger partial charge in [0.25, 0.3) is 5.91 Å². The fraction of sp³-hybridized carbons (Fsp3) is 0.429. The molecule has 3 heterocycles. The molecule has 12 nitrogen and oxygen atoms in total. The van der Waals surface area contributed by atoms with Gasteiger partial charge < -0.3 is 20.4 Å². The van der Waals surface area contributed by atoms with Gasteiger partial charge in [0.2, 0.25) is 5.91 Å². The number of carbonyl (C=O) groups is 3. The predicted octanol–water partition coefficient (Wildman–Crippen LogP) is -0.239. The van der Waals surface area contributed by atoms with Gasteiger partial charge in [-0.3, -0.25) is 19.5 Å². The Morgan fingerprint density at radius 2 is 1.80 bits per heavy atom. The van der Waals surface area contributed by atoms with Gasteiger partial charge in [0.15, 0.2) is 11.6 Å². The summed E-state index contributed by atoms with van der Waals surface area (Å²) in [6.45, 7) is 3.78. The molecule has 4 rings (SSSR count). The molecule has 0 spiro atoms. The largest absolute Gasteiger partial charge is 0.442 e. The SMILES string of the molecule is C=N/C=C\N(N)C[C@H]1CN(c2cc(F)c(N3CCN4C(=O)C[C@H](N)C(=O)N4CC3)c(F)c2)C(=O)O1. The van der Waals surface area contributed by atoms with Crippen LogP contribution in [0.3, 0.4) is 0 Å². The standard InChI is InChI=1S/C21H26F2N8O4/c1-26-2-3-28(25)11-14-12-29(21(34)35-14)13-8-15(22)19(16(23)9-13)27-4-6-30-18(32)10-17(24)20(33)31(30)7-5-27/h2-3,8-9,14,17H,1,4-7,10-12,24-25H2/b3-2-/t14-,17-/m0/s1. The molecule has 2 atom stereocenters. The Morgan fingerprint density at radius 1 is 1.14 bits per heavy atom. The monoisotopic (exact) mass is 492 g/mol. The zero-order valence-electron chi connectivity index (χ0n) is 18.8. The van der Waals surface area contributed by atoms with Crippen LogP contribution in [0.1, 0.15) is 6.42 Å². The van der Waals surface area contributed by atoms with Gasteiger partial charge in [-0.1, -0.05) is 0 Å². The maximum absolute atomic E-state index is 15.1. The van der Waals surface area contributed by atoms with Gasteiger partial charge in [0.05, 0.1) is 44.3 Å². The van der Waals surface area contributed by atoms with Crippen LogP contribution in [-0.2, 0) is 14.3 Å². The van der Waals surface area contributed by atoms with Gasteiger partial charge in [-0.15, -0.1) is 0 Å². The third-order valence-electron chi connectivity index (χ3n) is 5.99. The summed E-state index contributed by atoms with van der Waals surface area (Å²) in [6, 6.07) is 1.17. The number of rotatable bonds is 6. The molecular weight excluding hydrogens is 466 g/mol. The van der Waals surface area contributed by atoms with E-state index in [0.29, 0.717) is 0 Å². The normalized spacial score (nSPS) is 23.0. The number of benzene rings is 1. The van der Waals surface area contributed by atoms with Crippen LogP contribution in [-0.4, -0.2) is 91.1 Å². The van der Waals surface area contributed by atoms with Crippen LogP contribution in [0.4, 0.5) is 25.0 Å². The second-order valence-electron chi connectivity index (χ2n) is 8.33. The van der Waals surface area contributed by atoms with Crippen LogP contribution in [0.15, 0.2) is 29.5 Å². The molecule has 1 aromatic carbocycles. The average Bonchev–Trinajstić information content (AvgIpc) is 3.02. The number of nitrogens with two attached hydrogens (primary N) is 2. The van der Waals surface area contributed by atoms with E-state index in [0.717, 1.165) is 17.0 Å². The lowest BCUT2D eigenvalue weighted by atomic mass is 10.1. The maximum atomic E-state index is 15.1. The van der Waals surface area contributed by atoms with Crippen molar-refractivity contribution >= 4 is 36.0 Å². The molecule has 0 saturated carbocycles. The fourth-order valence-corrected chi connectivity index (χ4v) is 4.33. The van der Waals surface area contributed by atoms with E-state index in [9.17, 15) is 14.4 Å².